The molecule has 0 saturated carbocycles. The Bertz CT molecular complexity index is 933. The van der Waals surface area contributed by atoms with Crippen molar-refractivity contribution >= 4 is 18.1 Å². The number of imidazole rings is 1. The summed E-state index contributed by atoms with van der Waals surface area (Å²) in [6.07, 6.45) is 3.89. The van der Waals surface area contributed by atoms with Crippen LogP contribution in [0.1, 0.15) is 33.4 Å². The third kappa shape index (κ3) is 2.66. The largest absolute Gasteiger partial charge is 0.496 e. The molecular formula is C19H22BN3O2. The molecule has 0 unspecified atom stereocenters. The highest BCUT2D eigenvalue weighted by atomic mass is 16.7. The molecule has 3 aromatic heterocycles. The minimum Gasteiger partial charge on any atom is -0.399 e. The lowest BCUT2D eigenvalue weighted by atomic mass is 9.80. The van der Waals surface area contributed by atoms with Gasteiger partial charge in [-0.2, -0.15) is 0 Å². The molecule has 0 bridgehead atoms. The molecule has 0 amide bonds. The summed E-state index contributed by atoms with van der Waals surface area (Å²) in [5.74, 6) is 0.817. The molecule has 25 heavy (non-hydrogen) atoms. The Morgan fingerprint density at radius 1 is 1.00 bits per heavy atom. The first-order valence-electron chi connectivity index (χ1n) is 8.53. The Kier molecular flexibility index (Phi) is 3.53. The van der Waals surface area contributed by atoms with Crippen LogP contribution < -0.4 is 5.46 Å². The van der Waals surface area contributed by atoms with Gasteiger partial charge in [0.15, 0.2) is 5.82 Å². The second-order valence-electron chi connectivity index (χ2n) is 7.59. The van der Waals surface area contributed by atoms with Crippen LogP contribution in [0.5, 0.6) is 0 Å². The Morgan fingerprint density at radius 3 is 2.40 bits per heavy atom. The number of pyridine rings is 2. The van der Waals surface area contributed by atoms with E-state index in [4.69, 9.17) is 9.31 Å². The minimum absolute atomic E-state index is 0.359. The fourth-order valence-corrected chi connectivity index (χ4v) is 2.98. The molecule has 0 aliphatic carbocycles. The zero-order chi connectivity index (χ0) is 17.8. The van der Waals surface area contributed by atoms with Crippen molar-refractivity contribution in [2.75, 3.05) is 0 Å². The van der Waals surface area contributed by atoms with Gasteiger partial charge in [0.1, 0.15) is 5.69 Å². The van der Waals surface area contributed by atoms with Gasteiger partial charge in [-0.3, -0.25) is 4.40 Å². The van der Waals surface area contributed by atoms with Crippen molar-refractivity contribution in [2.45, 2.75) is 45.8 Å². The third-order valence-corrected chi connectivity index (χ3v) is 5.19. The maximum absolute atomic E-state index is 6.17. The van der Waals surface area contributed by atoms with Crippen molar-refractivity contribution in [1.82, 2.24) is 14.4 Å². The maximum Gasteiger partial charge on any atom is 0.496 e. The second kappa shape index (κ2) is 5.41. The van der Waals surface area contributed by atoms with E-state index in [-0.39, 0.29) is 11.2 Å². The van der Waals surface area contributed by atoms with E-state index in [1.54, 1.807) is 0 Å². The van der Waals surface area contributed by atoms with Crippen LogP contribution in [-0.2, 0) is 9.31 Å². The molecule has 128 valence electrons. The van der Waals surface area contributed by atoms with Gasteiger partial charge in [0.05, 0.1) is 22.9 Å². The van der Waals surface area contributed by atoms with E-state index < -0.39 is 7.12 Å². The van der Waals surface area contributed by atoms with Crippen LogP contribution in [-0.4, -0.2) is 32.7 Å². The van der Waals surface area contributed by atoms with Crippen LogP contribution in [0.25, 0.3) is 17.0 Å². The predicted octanol–water partition coefficient (Wildman–Crippen LogP) is 3.00. The monoisotopic (exact) mass is 335 g/mol. The van der Waals surface area contributed by atoms with Crippen LogP contribution >= 0.6 is 0 Å². The molecule has 0 radical (unpaired) electrons. The first-order valence-corrected chi connectivity index (χ1v) is 8.53. The standard InChI is InChI=1S/C19H22BN3O2/c1-13-7-6-8-16(22-13)17-21-11-15-10-9-14(12-23(15)17)20-24-18(2,3)19(4,5)25-20/h6-12H,1-5H3. The Morgan fingerprint density at radius 2 is 1.72 bits per heavy atom. The Hall–Kier alpha value is -2.18. The van der Waals surface area contributed by atoms with Crippen molar-refractivity contribution in [2.24, 2.45) is 0 Å². The van der Waals surface area contributed by atoms with Crippen molar-refractivity contribution in [3.8, 4) is 11.5 Å². The molecule has 0 aromatic carbocycles. The number of aryl methyl sites for hydroxylation is 1. The van der Waals surface area contributed by atoms with Crippen LogP contribution in [0.2, 0.25) is 0 Å². The summed E-state index contributed by atoms with van der Waals surface area (Å²) in [6.45, 7) is 10.2. The van der Waals surface area contributed by atoms with Crippen LogP contribution in [0, 0.1) is 6.92 Å². The molecule has 1 aliphatic rings. The van der Waals surface area contributed by atoms with E-state index in [0.717, 1.165) is 28.2 Å². The van der Waals surface area contributed by atoms with E-state index in [1.807, 2.05) is 54.0 Å². The summed E-state index contributed by atoms with van der Waals surface area (Å²) in [7, 11) is -0.393. The van der Waals surface area contributed by atoms with Gasteiger partial charge in [0.2, 0.25) is 0 Å². The zero-order valence-corrected chi connectivity index (χ0v) is 15.3. The number of aromatic nitrogens is 3. The molecule has 3 aromatic rings. The number of fused-ring (bicyclic) bond motifs is 1. The van der Waals surface area contributed by atoms with Gasteiger partial charge in [-0.1, -0.05) is 12.1 Å². The second-order valence-corrected chi connectivity index (χ2v) is 7.59. The molecule has 0 spiro atoms. The quantitative estimate of drug-likeness (QED) is 0.676. The van der Waals surface area contributed by atoms with Gasteiger partial charge in [-0.25, -0.2) is 9.97 Å². The minimum atomic E-state index is -0.393. The van der Waals surface area contributed by atoms with E-state index in [0.29, 0.717) is 0 Å². The summed E-state index contributed by atoms with van der Waals surface area (Å²) in [6, 6.07) is 10.0. The summed E-state index contributed by atoms with van der Waals surface area (Å²) in [5, 5.41) is 0. The fourth-order valence-electron chi connectivity index (χ4n) is 2.98. The smallest absolute Gasteiger partial charge is 0.399 e. The maximum atomic E-state index is 6.17. The SMILES string of the molecule is Cc1cccc(-c2ncc3ccc(B4OC(C)(C)C(C)(C)O4)cn23)n1. The number of hydrogen-bond acceptors (Lipinski definition) is 4. The highest BCUT2D eigenvalue weighted by molar-refractivity contribution is 6.62. The predicted molar refractivity (Wildman–Crippen MR) is 98.9 cm³/mol. The van der Waals surface area contributed by atoms with Gasteiger partial charge in [0.25, 0.3) is 0 Å². The van der Waals surface area contributed by atoms with Crippen molar-refractivity contribution in [3.05, 3.63) is 48.4 Å². The first kappa shape index (κ1) is 16.3. The molecule has 0 N–H and O–H groups in total. The van der Waals surface area contributed by atoms with Crippen LogP contribution in [0.3, 0.4) is 0 Å². The van der Waals surface area contributed by atoms with Gasteiger partial charge in [0, 0.05) is 11.9 Å². The lowest BCUT2D eigenvalue weighted by Gasteiger charge is -2.32. The van der Waals surface area contributed by atoms with Crippen molar-refractivity contribution in [3.63, 3.8) is 0 Å². The van der Waals surface area contributed by atoms with Crippen LogP contribution in [0.4, 0.5) is 0 Å². The molecule has 5 nitrogen and oxygen atoms in total. The molecular weight excluding hydrogens is 313 g/mol. The van der Waals surface area contributed by atoms with Crippen molar-refractivity contribution in [1.29, 1.82) is 0 Å². The summed E-state index contributed by atoms with van der Waals surface area (Å²) in [5.41, 5.74) is 3.09. The number of nitrogens with zero attached hydrogens (tertiary/aromatic N) is 3. The summed E-state index contributed by atoms with van der Waals surface area (Å²) < 4.78 is 14.4. The topological polar surface area (TPSA) is 48.7 Å². The van der Waals surface area contributed by atoms with E-state index in [1.165, 1.54) is 0 Å². The van der Waals surface area contributed by atoms with Crippen molar-refractivity contribution < 1.29 is 9.31 Å². The normalized spacial score (nSPS) is 18.8. The fraction of sp³-hybridized carbons (Fsp3) is 0.368. The molecule has 1 saturated heterocycles. The van der Waals surface area contributed by atoms with Gasteiger partial charge < -0.3 is 9.31 Å². The van der Waals surface area contributed by atoms with Gasteiger partial charge in [-0.15, -0.1) is 0 Å². The van der Waals surface area contributed by atoms with Crippen LogP contribution in [0.15, 0.2) is 42.7 Å². The van der Waals surface area contributed by atoms with E-state index in [9.17, 15) is 0 Å². The van der Waals surface area contributed by atoms with E-state index >= 15 is 0 Å². The average Bonchev–Trinajstić information content (AvgIpc) is 3.05. The Balaban J connectivity index is 1.77. The Labute approximate surface area is 148 Å². The lowest BCUT2D eigenvalue weighted by Crippen LogP contribution is -2.41. The molecule has 6 heteroatoms. The highest BCUT2D eigenvalue weighted by Gasteiger charge is 2.51. The third-order valence-electron chi connectivity index (χ3n) is 5.19. The molecule has 4 heterocycles. The average molecular weight is 335 g/mol. The van der Waals surface area contributed by atoms with Gasteiger partial charge >= 0.3 is 7.12 Å². The number of rotatable bonds is 2. The lowest BCUT2D eigenvalue weighted by molar-refractivity contribution is 0.00578. The summed E-state index contributed by atoms with van der Waals surface area (Å²) >= 11 is 0. The zero-order valence-electron chi connectivity index (χ0n) is 15.3. The molecule has 1 aliphatic heterocycles. The van der Waals surface area contributed by atoms with E-state index in [2.05, 4.69) is 37.7 Å². The molecule has 4 rings (SSSR count). The molecule has 1 fully saturated rings. The number of hydrogen-bond donors (Lipinski definition) is 0. The molecule has 0 atom stereocenters. The summed E-state index contributed by atoms with van der Waals surface area (Å²) in [4.78, 5) is 9.14. The highest BCUT2D eigenvalue weighted by Crippen LogP contribution is 2.36. The van der Waals surface area contributed by atoms with Gasteiger partial charge in [-0.05, 0) is 58.3 Å². The first-order chi connectivity index (χ1) is 11.8.